The summed E-state index contributed by atoms with van der Waals surface area (Å²) in [5, 5.41) is 8.63. The third-order valence-corrected chi connectivity index (χ3v) is 5.31. The summed E-state index contributed by atoms with van der Waals surface area (Å²) in [4.78, 5) is 17.4. The molecule has 4 aromatic rings. The van der Waals surface area contributed by atoms with E-state index in [9.17, 15) is 4.79 Å². The lowest BCUT2D eigenvalue weighted by Gasteiger charge is -2.16. The van der Waals surface area contributed by atoms with E-state index >= 15 is 0 Å². The van der Waals surface area contributed by atoms with Crippen LogP contribution in [0.4, 0.5) is 5.69 Å². The van der Waals surface area contributed by atoms with Gasteiger partial charge in [0.15, 0.2) is 11.8 Å². The summed E-state index contributed by atoms with van der Waals surface area (Å²) in [5.74, 6) is 0.182. The number of aryl methyl sites for hydroxylation is 3. The summed E-state index contributed by atoms with van der Waals surface area (Å²) >= 11 is 0. The Hall–Kier alpha value is -3.67. The zero-order chi connectivity index (χ0) is 22.0. The van der Waals surface area contributed by atoms with Gasteiger partial charge in [0, 0.05) is 17.1 Å². The second-order valence-electron chi connectivity index (χ2n) is 7.57. The van der Waals surface area contributed by atoms with E-state index in [4.69, 9.17) is 9.72 Å². The van der Waals surface area contributed by atoms with E-state index in [1.807, 2.05) is 79.2 Å². The molecule has 1 amide bonds. The summed E-state index contributed by atoms with van der Waals surface area (Å²) in [6.07, 6.45) is 0.134. The first-order valence-corrected chi connectivity index (χ1v) is 10.5. The highest BCUT2D eigenvalue weighted by Gasteiger charge is 2.19. The van der Waals surface area contributed by atoms with Crippen LogP contribution in [0.5, 0.6) is 5.88 Å². The zero-order valence-electron chi connectivity index (χ0n) is 18.2. The Morgan fingerprint density at radius 2 is 1.81 bits per heavy atom. The summed E-state index contributed by atoms with van der Waals surface area (Å²) in [5.41, 5.74) is 5.43. The first-order chi connectivity index (χ1) is 15.0. The fourth-order valence-electron chi connectivity index (χ4n) is 3.70. The number of para-hydroxylation sites is 2. The minimum atomic E-state index is -0.705. The number of benzene rings is 2. The van der Waals surface area contributed by atoms with Crippen LogP contribution in [0.1, 0.15) is 30.7 Å². The number of amides is 1. The lowest BCUT2D eigenvalue weighted by Crippen LogP contribution is -2.30. The average molecular weight is 415 g/mol. The van der Waals surface area contributed by atoms with E-state index in [0.717, 1.165) is 40.0 Å². The van der Waals surface area contributed by atoms with Gasteiger partial charge in [-0.2, -0.15) is 10.1 Å². The van der Waals surface area contributed by atoms with Gasteiger partial charge in [-0.05, 0) is 56.5 Å². The van der Waals surface area contributed by atoms with Gasteiger partial charge in [0.05, 0.1) is 11.4 Å². The number of rotatable bonds is 6. The van der Waals surface area contributed by atoms with Gasteiger partial charge < -0.3 is 10.1 Å². The number of hydrogen-bond donors (Lipinski definition) is 1. The van der Waals surface area contributed by atoms with Crippen LogP contribution >= 0.6 is 0 Å². The van der Waals surface area contributed by atoms with Crippen molar-refractivity contribution in [2.24, 2.45) is 0 Å². The van der Waals surface area contributed by atoms with Gasteiger partial charge in [-0.1, -0.05) is 43.3 Å². The minimum absolute atomic E-state index is 0.215. The number of carbonyl (C=O) groups excluding carboxylic acids is 1. The Balaban J connectivity index is 1.62. The molecule has 0 aliphatic rings. The zero-order valence-corrected chi connectivity index (χ0v) is 18.2. The predicted molar refractivity (Wildman–Crippen MR) is 123 cm³/mol. The number of anilines is 1. The Morgan fingerprint density at radius 3 is 2.55 bits per heavy atom. The lowest BCUT2D eigenvalue weighted by molar-refractivity contribution is -0.122. The molecule has 0 bridgehead atoms. The largest absolute Gasteiger partial charge is 0.464 e. The predicted octanol–water partition coefficient (Wildman–Crippen LogP) is 5.01. The van der Waals surface area contributed by atoms with Crippen molar-refractivity contribution in [2.45, 2.75) is 40.2 Å². The maximum Gasteiger partial charge on any atom is 0.265 e. The van der Waals surface area contributed by atoms with Crippen molar-refractivity contribution in [3.63, 3.8) is 0 Å². The first-order valence-electron chi connectivity index (χ1n) is 10.5. The molecule has 0 radical (unpaired) electrons. The third-order valence-electron chi connectivity index (χ3n) is 5.31. The van der Waals surface area contributed by atoms with Crippen molar-refractivity contribution in [2.75, 3.05) is 5.32 Å². The van der Waals surface area contributed by atoms with Crippen LogP contribution in [0.3, 0.4) is 0 Å². The summed E-state index contributed by atoms with van der Waals surface area (Å²) in [6, 6.07) is 19.5. The van der Waals surface area contributed by atoms with E-state index in [2.05, 4.69) is 17.3 Å². The molecule has 2 aromatic carbocycles. The lowest BCUT2D eigenvalue weighted by atomic mass is 10.1. The molecule has 2 heterocycles. The maximum absolute atomic E-state index is 12.7. The van der Waals surface area contributed by atoms with Crippen LogP contribution in [0, 0.1) is 13.8 Å². The fourth-order valence-corrected chi connectivity index (χ4v) is 3.70. The Morgan fingerprint density at radius 1 is 1.10 bits per heavy atom. The number of aromatic nitrogens is 3. The number of hydrogen-bond acceptors (Lipinski definition) is 4. The maximum atomic E-state index is 12.7. The fraction of sp³-hybridized carbons (Fsp3) is 0.240. The molecule has 0 aliphatic heterocycles. The molecular weight excluding hydrogens is 388 g/mol. The molecule has 0 aliphatic carbocycles. The molecule has 4 rings (SSSR count). The summed E-state index contributed by atoms with van der Waals surface area (Å²) in [6.45, 7) is 7.76. The van der Waals surface area contributed by atoms with E-state index < -0.39 is 6.10 Å². The van der Waals surface area contributed by atoms with Crippen molar-refractivity contribution in [3.8, 4) is 11.6 Å². The molecule has 0 saturated heterocycles. The van der Waals surface area contributed by atoms with Gasteiger partial charge in [-0.25, -0.2) is 4.68 Å². The summed E-state index contributed by atoms with van der Waals surface area (Å²) in [7, 11) is 0. The number of fused-ring (bicyclic) bond motifs is 1. The molecule has 31 heavy (non-hydrogen) atoms. The van der Waals surface area contributed by atoms with E-state index in [1.165, 1.54) is 0 Å². The van der Waals surface area contributed by atoms with Crippen molar-refractivity contribution in [3.05, 3.63) is 77.5 Å². The second-order valence-corrected chi connectivity index (χ2v) is 7.57. The van der Waals surface area contributed by atoms with Crippen molar-refractivity contribution in [1.29, 1.82) is 0 Å². The highest BCUT2D eigenvalue weighted by atomic mass is 16.5. The van der Waals surface area contributed by atoms with Crippen molar-refractivity contribution >= 4 is 22.6 Å². The topological polar surface area (TPSA) is 69.0 Å². The molecule has 0 fully saturated rings. The average Bonchev–Trinajstić information content (AvgIpc) is 3.11. The third kappa shape index (κ3) is 4.14. The van der Waals surface area contributed by atoms with Crippen LogP contribution in [0.15, 0.2) is 60.7 Å². The highest BCUT2D eigenvalue weighted by molar-refractivity contribution is 5.94. The van der Waals surface area contributed by atoms with Gasteiger partial charge in [-0.15, -0.1) is 0 Å². The van der Waals surface area contributed by atoms with Crippen molar-refractivity contribution in [1.82, 2.24) is 14.8 Å². The molecule has 158 valence electrons. The van der Waals surface area contributed by atoms with Crippen LogP contribution < -0.4 is 10.1 Å². The Labute approximate surface area is 181 Å². The van der Waals surface area contributed by atoms with Crippen LogP contribution in [0.25, 0.3) is 16.7 Å². The van der Waals surface area contributed by atoms with Gasteiger partial charge in [0.2, 0.25) is 5.88 Å². The molecular formula is C25H26N4O2. The van der Waals surface area contributed by atoms with Crippen LogP contribution in [0.2, 0.25) is 0 Å². The minimum Gasteiger partial charge on any atom is -0.464 e. The van der Waals surface area contributed by atoms with Gasteiger partial charge in [0.1, 0.15) is 0 Å². The van der Waals surface area contributed by atoms with Crippen LogP contribution in [-0.4, -0.2) is 26.8 Å². The normalized spacial score (nSPS) is 12.0. The SMILES string of the molecule is CCc1ccccc1NC(=O)[C@H](C)Oc1cc(C)c2c(C)nn(-c3ccccc3)c2n1. The molecule has 1 N–H and O–H groups in total. The van der Waals surface area contributed by atoms with E-state index in [1.54, 1.807) is 6.92 Å². The smallest absolute Gasteiger partial charge is 0.265 e. The number of nitrogens with one attached hydrogen (secondary N) is 1. The van der Waals surface area contributed by atoms with Gasteiger partial charge in [-0.3, -0.25) is 4.79 Å². The molecule has 0 spiro atoms. The highest BCUT2D eigenvalue weighted by Crippen LogP contribution is 2.27. The number of carbonyl (C=O) groups is 1. The monoisotopic (exact) mass is 414 g/mol. The Bertz CT molecular complexity index is 1230. The van der Waals surface area contributed by atoms with Gasteiger partial charge in [0.25, 0.3) is 5.91 Å². The first kappa shape index (κ1) is 20.6. The standard InChI is InChI=1S/C25H26N4O2/c1-5-19-11-9-10-14-21(19)26-25(30)18(4)31-22-15-16(2)23-17(3)28-29(24(23)27-22)20-12-7-6-8-13-20/h6-15,18H,5H2,1-4H3,(H,26,30)/t18-/m0/s1. The van der Waals surface area contributed by atoms with E-state index in [0.29, 0.717) is 11.5 Å². The molecule has 2 aromatic heterocycles. The number of nitrogens with zero attached hydrogens (tertiary/aromatic N) is 3. The molecule has 0 unspecified atom stereocenters. The number of pyridine rings is 1. The second kappa shape index (κ2) is 8.60. The quantitative estimate of drug-likeness (QED) is 0.482. The van der Waals surface area contributed by atoms with E-state index in [-0.39, 0.29) is 5.91 Å². The van der Waals surface area contributed by atoms with Gasteiger partial charge >= 0.3 is 0 Å². The Kier molecular flexibility index (Phi) is 5.71. The van der Waals surface area contributed by atoms with Crippen LogP contribution in [-0.2, 0) is 11.2 Å². The molecule has 0 saturated carbocycles. The molecule has 1 atom stereocenters. The molecule has 6 heteroatoms. The van der Waals surface area contributed by atoms with Crippen molar-refractivity contribution < 1.29 is 9.53 Å². The molecule has 6 nitrogen and oxygen atoms in total. The summed E-state index contributed by atoms with van der Waals surface area (Å²) < 4.78 is 7.76. The number of ether oxygens (including phenoxy) is 1.